The fourth-order valence-electron chi connectivity index (χ4n) is 2.07. The molecule has 2 amide bonds. The summed E-state index contributed by atoms with van der Waals surface area (Å²) in [6.07, 6.45) is 6.04. The Morgan fingerprint density at radius 3 is 2.00 bits per heavy atom. The summed E-state index contributed by atoms with van der Waals surface area (Å²) < 4.78 is 4.65. The molecule has 0 aromatic heterocycles. The molecule has 1 heterocycles. The van der Waals surface area contributed by atoms with E-state index in [-0.39, 0.29) is 29.8 Å². The number of hydroxylamine groups is 2. The number of esters is 1. The molecule has 1 aliphatic heterocycles. The number of imide groups is 1. The van der Waals surface area contributed by atoms with E-state index < -0.39 is 11.8 Å². The van der Waals surface area contributed by atoms with Crippen molar-refractivity contribution < 1.29 is 24.3 Å². The number of ether oxygens (including phenoxy) is 1. The topological polar surface area (TPSA) is 83.9 Å². The Labute approximate surface area is 106 Å². The molecule has 102 valence electrons. The third kappa shape index (κ3) is 4.10. The molecule has 0 aromatic rings. The smallest absolute Gasteiger partial charge is 0.308 e. The molecule has 2 aliphatic rings. The van der Waals surface area contributed by atoms with E-state index >= 15 is 0 Å². The van der Waals surface area contributed by atoms with Crippen molar-refractivity contribution in [3.63, 3.8) is 0 Å². The second kappa shape index (κ2) is 7.10. The first-order valence-electron chi connectivity index (χ1n) is 6.18. The number of methoxy groups -OCH3 is 1. The molecule has 1 N–H and O–H groups in total. The highest BCUT2D eigenvalue weighted by atomic mass is 16.5. The largest absolute Gasteiger partial charge is 0.469 e. The van der Waals surface area contributed by atoms with E-state index in [0.29, 0.717) is 0 Å². The second-order valence-electron chi connectivity index (χ2n) is 4.46. The normalized spacial score (nSPS) is 20.4. The van der Waals surface area contributed by atoms with Gasteiger partial charge in [-0.25, -0.2) is 0 Å². The van der Waals surface area contributed by atoms with Gasteiger partial charge < -0.3 is 4.74 Å². The van der Waals surface area contributed by atoms with Gasteiger partial charge in [-0.1, -0.05) is 19.3 Å². The summed E-state index contributed by atoms with van der Waals surface area (Å²) in [6, 6.07) is 0. The van der Waals surface area contributed by atoms with E-state index in [1.165, 1.54) is 26.4 Å². The van der Waals surface area contributed by atoms with Gasteiger partial charge in [-0.05, 0) is 12.8 Å². The molecular formula is C12H19NO5. The van der Waals surface area contributed by atoms with Crippen LogP contribution >= 0.6 is 0 Å². The highest BCUT2D eigenvalue weighted by Crippen LogP contribution is 2.24. The van der Waals surface area contributed by atoms with Crippen LogP contribution in [0.1, 0.15) is 44.9 Å². The first-order valence-corrected chi connectivity index (χ1v) is 6.18. The zero-order valence-electron chi connectivity index (χ0n) is 10.6. The van der Waals surface area contributed by atoms with Gasteiger partial charge in [0.15, 0.2) is 0 Å². The van der Waals surface area contributed by atoms with Crippen molar-refractivity contribution in [1.82, 2.24) is 5.06 Å². The van der Waals surface area contributed by atoms with Crippen LogP contribution in [0, 0.1) is 5.92 Å². The number of hydrogen-bond donors (Lipinski definition) is 1. The summed E-state index contributed by atoms with van der Waals surface area (Å²) in [5.41, 5.74) is 0. The minimum atomic E-state index is -0.505. The first-order chi connectivity index (χ1) is 8.56. The summed E-state index contributed by atoms with van der Waals surface area (Å²) in [6.45, 7) is 0. The zero-order valence-corrected chi connectivity index (χ0v) is 10.6. The number of carbonyl (C=O) groups is 3. The van der Waals surface area contributed by atoms with Crippen molar-refractivity contribution >= 4 is 17.8 Å². The minimum Gasteiger partial charge on any atom is -0.469 e. The number of hydrogen-bond acceptors (Lipinski definition) is 5. The Balaban J connectivity index is 0.000000184. The highest BCUT2D eigenvalue weighted by molar-refractivity contribution is 6.00. The summed E-state index contributed by atoms with van der Waals surface area (Å²) in [4.78, 5) is 31.4. The Kier molecular flexibility index (Phi) is 5.77. The van der Waals surface area contributed by atoms with Crippen LogP contribution in [0.2, 0.25) is 0 Å². The quantitative estimate of drug-likeness (QED) is 0.434. The molecule has 18 heavy (non-hydrogen) atoms. The Morgan fingerprint density at radius 1 is 1.17 bits per heavy atom. The standard InChI is InChI=1S/C8H14O2.C4H5NO3/c1-10-8(9)7-5-3-2-4-6-7;6-3-1-2-4(7)5(3)8/h7H,2-6H2,1H3;8H,1-2H2. The van der Waals surface area contributed by atoms with Crippen LogP contribution in [0.4, 0.5) is 0 Å². The van der Waals surface area contributed by atoms with Gasteiger partial charge in [0, 0.05) is 12.8 Å². The van der Waals surface area contributed by atoms with Crippen molar-refractivity contribution in [2.75, 3.05) is 7.11 Å². The molecule has 6 heteroatoms. The van der Waals surface area contributed by atoms with Gasteiger partial charge in [-0.15, -0.1) is 0 Å². The monoisotopic (exact) mass is 257 g/mol. The van der Waals surface area contributed by atoms with Gasteiger partial charge in [0.2, 0.25) is 0 Å². The summed E-state index contributed by atoms with van der Waals surface area (Å²) in [5.74, 6) is -0.816. The van der Waals surface area contributed by atoms with Crippen molar-refractivity contribution in [2.45, 2.75) is 44.9 Å². The predicted octanol–water partition coefficient (Wildman–Crippen LogP) is 1.26. The molecule has 0 spiro atoms. The molecule has 1 aliphatic carbocycles. The van der Waals surface area contributed by atoms with Crippen LogP contribution < -0.4 is 0 Å². The van der Waals surface area contributed by atoms with Crippen LogP contribution in [0.5, 0.6) is 0 Å². The average molecular weight is 257 g/mol. The fourth-order valence-corrected chi connectivity index (χ4v) is 2.07. The molecule has 0 radical (unpaired) electrons. The zero-order chi connectivity index (χ0) is 13.5. The SMILES string of the molecule is COC(=O)C1CCCCC1.O=C1CCC(=O)N1O. The molecule has 6 nitrogen and oxygen atoms in total. The number of nitrogens with zero attached hydrogens (tertiary/aromatic N) is 1. The van der Waals surface area contributed by atoms with Crippen LogP contribution in [-0.2, 0) is 19.1 Å². The Bertz CT molecular complexity index is 306. The fraction of sp³-hybridized carbons (Fsp3) is 0.750. The van der Waals surface area contributed by atoms with E-state index in [1.54, 1.807) is 0 Å². The van der Waals surface area contributed by atoms with Crippen molar-refractivity contribution in [1.29, 1.82) is 0 Å². The molecule has 0 bridgehead atoms. The lowest BCUT2D eigenvalue weighted by atomic mass is 9.89. The van der Waals surface area contributed by atoms with Crippen molar-refractivity contribution in [3.05, 3.63) is 0 Å². The van der Waals surface area contributed by atoms with Gasteiger partial charge in [0.05, 0.1) is 13.0 Å². The van der Waals surface area contributed by atoms with E-state index in [9.17, 15) is 14.4 Å². The summed E-state index contributed by atoms with van der Waals surface area (Å²) in [7, 11) is 1.47. The lowest BCUT2D eigenvalue weighted by molar-refractivity contribution is -0.171. The predicted molar refractivity (Wildman–Crippen MR) is 61.5 cm³/mol. The highest BCUT2D eigenvalue weighted by Gasteiger charge is 2.26. The van der Waals surface area contributed by atoms with Crippen molar-refractivity contribution in [2.24, 2.45) is 5.92 Å². The molecule has 0 aromatic carbocycles. The summed E-state index contributed by atoms with van der Waals surface area (Å²) in [5, 5.41) is 8.57. The van der Waals surface area contributed by atoms with Gasteiger partial charge >= 0.3 is 5.97 Å². The van der Waals surface area contributed by atoms with Crippen molar-refractivity contribution in [3.8, 4) is 0 Å². The van der Waals surface area contributed by atoms with Gasteiger partial charge in [-0.2, -0.15) is 5.06 Å². The first kappa shape index (κ1) is 14.6. The third-order valence-electron chi connectivity index (χ3n) is 3.16. The number of rotatable bonds is 1. The molecule has 1 saturated carbocycles. The molecular weight excluding hydrogens is 238 g/mol. The van der Waals surface area contributed by atoms with E-state index in [1.807, 2.05) is 0 Å². The Morgan fingerprint density at radius 2 is 1.67 bits per heavy atom. The molecule has 1 saturated heterocycles. The van der Waals surface area contributed by atoms with E-state index in [4.69, 9.17) is 5.21 Å². The molecule has 0 unspecified atom stereocenters. The van der Waals surface area contributed by atoms with Crippen LogP contribution in [0.15, 0.2) is 0 Å². The van der Waals surface area contributed by atoms with Gasteiger partial charge in [0.1, 0.15) is 0 Å². The average Bonchev–Trinajstić information content (AvgIpc) is 2.71. The van der Waals surface area contributed by atoms with Gasteiger partial charge in [0.25, 0.3) is 11.8 Å². The van der Waals surface area contributed by atoms with Crippen LogP contribution in [-0.4, -0.2) is 35.2 Å². The molecule has 2 fully saturated rings. The number of carbonyl (C=O) groups excluding carboxylic acids is 3. The van der Waals surface area contributed by atoms with Gasteiger partial charge in [-0.3, -0.25) is 19.6 Å². The lowest BCUT2D eigenvalue weighted by Gasteiger charge is -2.18. The lowest BCUT2D eigenvalue weighted by Crippen LogP contribution is -2.24. The summed E-state index contributed by atoms with van der Waals surface area (Å²) >= 11 is 0. The second-order valence-corrected chi connectivity index (χ2v) is 4.46. The molecule has 0 atom stereocenters. The number of amides is 2. The van der Waals surface area contributed by atoms with Crippen LogP contribution in [0.3, 0.4) is 0 Å². The Hall–Kier alpha value is -1.43. The van der Waals surface area contributed by atoms with E-state index in [2.05, 4.69) is 4.74 Å². The molecule has 2 rings (SSSR count). The third-order valence-corrected chi connectivity index (χ3v) is 3.16. The van der Waals surface area contributed by atoms with Crippen LogP contribution in [0.25, 0.3) is 0 Å². The minimum absolute atomic E-state index is 0.0142. The maximum absolute atomic E-state index is 10.9. The maximum atomic E-state index is 10.9. The van der Waals surface area contributed by atoms with E-state index in [0.717, 1.165) is 12.8 Å². The maximum Gasteiger partial charge on any atom is 0.308 e.